The monoisotopic (exact) mass is 190 g/mol. The molecule has 0 atom stereocenters. The Morgan fingerprint density at radius 3 is 3.00 bits per heavy atom. The second-order valence-electron chi connectivity index (χ2n) is 3.12. The van der Waals surface area contributed by atoms with Crippen molar-refractivity contribution in [2.45, 2.75) is 6.92 Å². The first-order chi connectivity index (χ1) is 6.72. The van der Waals surface area contributed by atoms with Gasteiger partial charge in [-0.15, -0.1) is 0 Å². The van der Waals surface area contributed by atoms with Gasteiger partial charge in [0.15, 0.2) is 0 Å². The average molecular weight is 190 g/mol. The third-order valence-corrected chi connectivity index (χ3v) is 2.19. The molecule has 0 unspecified atom stereocenters. The lowest BCUT2D eigenvalue weighted by Gasteiger charge is -2.01. The Balaban J connectivity index is 2.64. The molecule has 0 aliphatic rings. The number of carbonyl (C=O) groups excluding carboxylic acids is 1. The molecular formula is C10H10N2O2. The summed E-state index contributed by atoms with van der Waals surface area (Å²) in [5, 5.41) is 7.76. The maximum Gasteiger partial charge on any atom is 0.337 e. The van der Waals surface area contributed by atoms with Gasteiger partial charge in [0, 0.05) is 5.39 Å². The third kappa shape index (κ3) is 1.25. The van der Waals surface area contributed by atoms with E-state index in [2.05, 4.69) is 14.9 Å². The molecule has 0 bridgehead atoms. The van der Waals surface area contributed by atoms with Gasteiger partial charge in [-0.3, -0.25) is 5.10 Å². The molecule has 1 heterocycles. The highest BCUT2D eigenvalue weighted by Gasteiger charge is 2.08. The number of aromatic nitrogens is 2. The van der Waals surface area contributed by atoms with Gasteiger partial charge in [-0.25, -0.2) is 4.79 Å². The van der Waals surface area contributed by atoms with E-state index >= 15 is 0 Å². The Kier molecular flexibility index (Phi) is 1.96. The normalized spacial score (nSPS) is 10.4. The predicted molar refractivity (Wildman–Crippen MR) is 52.2 cm³/mol. The first-order valence-electron chi connectivity index (χ1n) is 4.24. The van der Waals surface area contributed by atoms with E-state index in [-0.39, 0.29) is 5.97 Å². The summed E-state index contributed by atoms with van der Waals surface area (Å²) in [5.41, 5.74) is 2.41. The van der Waals surface area contributed by atoms with E-state index in [1.54, 1.807) is 18.3 Å². The van der Waals surface area contributed by atoms with Gasteiger partial charge in [-0.05, 0) is 24.6 Å². The van der Waals surface area contributed by atoms with Crippen molar-refractivity contribution < 1.29 is 9.53 Å². The van der Waals surface area contributed by atoms with E-state index in [9.17, 15) is 4.79 Å². The van der Waals surface area contributed by atoms with Crippen molar-refractivity contribution >= 4 is 16.9 Å². The van der Waals surface area contributed by atoms with Crippen LogP contribution in [0.2, 0.25) is 0 Å². The lowest BCUT2D eigenvalue weighted by atomic mass is 10.1. The van der Waals surface area contributed by atoms with E-state index < -0.39 is 0 Å². The number of aryl methyl sites for hydroxylation is 1. The second kappa shape index (κ2) is 3.14. The zero-order chi connectivity index (χ0) is 10.1. The van der Waals surface area contributed by atoms with Crippen LogP contribution >= 0.6 is 0 Å². The first-order valence-corrected chi connectivity index (χ1v) is 4.24. The number of carbonyl (C=O) groups is 1. The number of hydrogen-bond donors (Lipinski definition) is 1. The lowest BCUT2D eigenvalue weighted by molar-refractivity contribution is 0.0601. The van der Waals surface area contributed by atoms with Gasteiger partial charge in [0.05, 0.1) is 24.4 Å². The molecule has 0 spiro atoms. The zero-order valence-electron chi connectivity index (χ0n) is 8.00. The van der Waals surface area contributed by atoms with Crippen LogP contribution in [0.15, 0.2) is 18.3 Å². The SMILES string of the molecule is COC(=O)c1cc(C)c2cn[nH]c2c1. The van der Waals surface area contributed by atoms with E-state index in [0.29, 0.717) is 5.56 Å². The van der Waals surface area contributed by atoms with Crippen LogP contribution in [0.3, 0.4) is 0 Å². The van der Waals surface area contributed by atoms with E-state index in [0.717, 1.165) is 16.5 Å². The molecule has 0 aliphatic heterocycles. The van der Waals surface area contributed by atoms with Crippen LogP contribution in [-0.2, 0) is 4.74 Å². The minimum Gasteiger partial charge on any atom is -0.465 e. The molecule has 1 aromatic heterocycles. The quantitative estimate of drug-likeness (QED) is 0.696. The van der Waals surface area contributed by atoms with Crippen molar-refractivity contribution in [2.24, 2.45) is 0 Å². The fourth-order valence-electron chi connectivity index (χ4n) is 1.46. The van der Waals surface area contributed by atoms with Crippen LogP contribution in [-0.4, -0.2) is 23.3 Å². The smallest absolute Gasteiger partial charge is 0.337 e. The molecule has 0 aliphatic carbocycles. The Bertz CT molecular complexity index is 488. The summed E-state index contributed by atoms with van der Waals surface area (Å²) < 4.78 is 4.64. The van der Waals surface area contributed by atoms with Gasteiger partial charge in [0.1, 0.15) is 0 Å². The largest absolute Gasteiger partial charge is 0.465 e. The number of H-pyrrole nitrogens is 1. The van der Waals surface area contributed by atoms with Crippen LogP contribution in [0, 0.1) is 6.92 Å². The van der Waals surface area contributed by atoms with E-state index in [4.69, 9.17) is 0 Å². The van der Waals surface area contributed by atoms with Gasteiger partial charge in [0.2, 0.25) is 0 Å². The van der Waals surface area contributed by atoms with Crippen LogP contribution < -0.4 is 0 Å². The van der Waals surface area contributed by atoms with Crippen LogP contribution in [0.5, 0.6) is 0 Å². The highest BCUT2D eigenvalue weighted by atomic mass is 16.5. The topological polar surface area (TPSA) is 55.0 Å². The molecule has 1 aromatic carbocycles. The molecule has 14 heavy (non-hydrogen) atoms. The maximum absolute atomic E-state index is 11.3. The van der Waals surface area contributed by atoms with Crippen LogP contribution in [0.1, 0.15) is 15.9 Å². The molecule has 2 aromatic rings. The van der Waals surface area contributed by atoms with Crippen molar-refractivity contribution in [3.8, 4) is 0 Å². The predicted octanol–water partition coefficient (Wildman–Crippen LogP) is 1.66. The maximum atomic E-state index is 11.3. The lowest BCUT2D eigenvalue weighted by Crippen LogP contribution is -2.01. The fourth-order valence-corrected chi connectivity index (χ4v) is 1.46. The Hall–Kier alpha value is -1.84. The van der Waals surface area contributed by atoms with Gasteiger partial charge in [-0.1, -0.05) is 0 Å². The second-order valence-corrected chi connectivity index (χ2v) is 3.12. The summed E-state index contributed by atoms with van der Waals surface area (Å²) in [5.74, 6) is -0.329. The molecule has 1 N–H and O–H groups in total. The minimum atomic E-state index is -0.329. The van der Waals surface area contributed by atoms with Crippen molar-refractivity contribution in [3.63, 3.8) is 0 Å². The van der Waals surface area contributed by atoms with Crippen LogP contribution in [0.25, 0.3) is 10.9 Å². The minimum absolute atomic E-state index is 0.329. The third-order valence-electron chi connectivity index (χ3n) is 2.19. The Morgan fingerprint density at radius 1 is 1.50 bits per heavy atom. The molecule has 0 saturated heterocycles. The van der Waals surface area contributed by atoms with Gasteiger partial charge in [0.25, 0.3) is 0 Å². The number of esters is 1. The number of ether oxygens (including phenoxy) is 1. The molecule has 4 heteroatoms. The summed E-state index contributed by atoms with van der Waals surface area (Å²) >= 11 is 0. The number of benzene rings is 1. The van der Waals surface area contributed by atoms with Crippen molar-refractivity contribution in [3.05, 3.63) is 29.5 Å². The fraction of sp³-hybridized carbons (Fsp3) is 0.200. The highest BCUT2D eigenvalue weighted by Crippen LogP contribution is 2.18. The average Bonchev–Trinajstić information content (AvgIpc) is 2.64. The molecule has 0 fully saturated rings. The highest BCUT2D eigenvalue weighted by molar-refractivity contribution is 5.95. The molecule has 0 radical (unpaired) electrons. The van der Waals surface area contributed by atoms with Crippen molar-refractivity contribution in [1.82, 2.24) is 10.2 Å². The van der Waals surface area contributed by atoms with E-state index in [1.807, 2.05) is 6.92 Å². The number of nitrogens with one attached hydrogen (secondary N) is 1. The number of methoxy groups -OCH3 is 1. The van der Waals surface area contributed by atoms with Gasteiger partial charge in [-0.2, -0.15) is 5.10 Å². The Labute approximate surface area is 80.9 Å². The van der Waals surface area contributed by atoms with Crippen molar-refractivity contribution in [2.75, 3.05) is 7.11 Å². The molecule has 0 saturated carbocycles. The number of aromatic amines is 1. The zero-order valence-corrected chi connectivity index (χ0v) is 8.00. The molecular weight excluding hydrogens is 180 g/mol. The molecule has 4 nitrogen and oxygen atoms in total. The summed E-state index contributed by atoms with van der Waals surface area (Å²) in [6, 6.07) is 3.53. The Morgan fingerprint density at radius 2 is 2.29 bits per heavy atom. The van der Waals surface area contributed by atoms with Gasteiger partial charge >= 0.3 is 5.97 Å². The number of rotatable bonds is 1. The number of hydrogen-bond acceptors (Lipinski definition) is 3. The molecule has 0 amide bonds. The molecule has 2 rings (SSSR count). The number of nitrogens with zero attached hydrogens (tertiary/aromatic N) is 1. The summed E-state index contributed by atoms with van der Waals surface area (Å²) in [6.45, 7) is 1.93. The van der Waals surface area contributed by atoms with Gasteiger partial charge < -0.3 is 4.74 Å². The standard InChI is InChI=1S/C10H10N2O2/c1-6-3-7(10(13)14-2)4-9-8(6)5-11-12-9/h3-5H,1-2H3,(H,11,12). The summed E-state index contributed by atoms with van der Waals surface area (Å²) in [6.07, 6.45) is 1.74. The number of fused-ring (bicyclic) bond motifs is 1. The first kappa shape index (κ1) is 8.74. The van der Waals surface area contributed by atoms with E-state index in [1.165, 1.54) is 7.11 Å². The summed E-state index contributed by atoms with van der Waals surface area (Å²) in [4.78, 5) is 11.3. The summed E-state index contributed by atoms with van der Waals surface area (Å²) in [7, 11) is 1.37. The van der Waals surface area contributed by atoms with Crippen molar-refractivity contribution in [1.29, 1.82) is 0 Å². The molecule has 72 valence electrons. The van der Waals surface area contributed by atoms with Crippen LogP contribution in [0.4, 0.5) is 0 Å².